The number of nitrogens with one attached hydrogen (secondary N) is 1. The van der Waals surface area contributed by atoms with Gasteiger partial charge < -0.3 is 10.2 Å². The van der Waals surface area contributed by atoms with Gasteiger partial charge in [0.25, 0.3) is 0 Å². The van der Waals surface area contributed by atoms with Gasteiger partial charge in [0.1, 0.15) is 0 Å². The van der Waals surface area contributed by atoms with Gasteiger partial charge in [0.2, 0.25) is 0 Å². The van der Waals surface area contributed by atoms with Crippen LogP contribution in [0.5, 0.6) is 0 Å². The minimum atomic E-state index is 1.08. The molecule has 0 spiro atoms. The van der Waals surface area contributed by atoms with Crippen molar-refractivity contribution in [2.75, 3.05) is 32.1 Å². The maximum Gasteiger partial charge on any atom is 0.0428 e. The second kappa shape index (κ2) is 7.33. The Hall–Kier alpha value is -1.02. The lowest BCUT2D eigenvalue weighted by molar-refractivity contribution is 0.710. The molecule has 17 heavy (non-hydrogen) atoms. The first-order chi connectivity index (χ1) is 8.24. The molecule has 0 fully saturated rings. The van der Waals surface area contributed by atoms with Gasteiger partial charge in [0.05, 0.1) is 0 Å². The van der Waals surface area contributed by atoms with Crippen LogP contribution in [0.15, 0.2) is 18.2 Å². The summed E-state index contributed by atoms with van der Waals surface area (Å²) in [6.07, 6.45) is 3.41. The molecule has 0 atom stereocenters. The lowest BCUT2D eigenvalue weighted by Crippen LogP contribution is -2.24. The normalized spacial score (nSPS) is 10.6. The molecule has 0 aromatic heterocycles. The molecule has 0 saturated carbocycles. The predicted molar refractivity (Wildman–Crippen MR) is 77.0 cm³/mol. The van der Waals surface area contributed by atoms with Crippen molar-refractivity contribution in [1.82, 2.24) is 5.32 Å². The average Bonchev–Trinajstić information content (AvgIpc) is 2.37. The van der Waals surface area contributed by atoms with E-state index in [0.717, 1.165) is 25.9 Å². The molecule has 0 saturated heterocycles. The predicted octanol–water partition coefficient (Wildman–Crippen LogP) is 2.86. The Kier molecular flexibility index (Phi) is 6.06. The molecule has 0 unspecified atom stereocenters. The van der Waals surface area contributed by atoms with E-state index < -0.39 is 0 Å². The third-order valence-corrected chi connectivity index (χ3v) is 3.27. The van der Waals surface area contributed by atoms with Crippen LogP contribution in [0, 0.1) is 0 Å². The Morgan fingerprint density at radius 3 is 2.18 bits per heavy atom. The van der Waals surface area contributed by atoms with Gasteiger partial charge >= 0.3 is 0 Å². The van der Waals surface area contributed by atoms with E-state index in [1.54, 1.807) is 0 Å². The first-order valence-electron chi connectivity index (χ1n) is 6.71. The van der Waals surface area contributed by atoms with Gasteiger partial charge in [-0.15, -0.1) is 0 Å². The third kappa shape index (κ3) is 3.74. The van der Waals surface area contributed by atoms with E-state index in [4.69, 9.17) is 0 Å². The van der Waals surface area contributed by atoms with Gasteiger partial charge in [0.15, 0.2) is 0 Å². The minimum absolute atomic E-state index is 1.08. The second-order valence-electron chi connectivity index (χ2n) is 4.51. The summed E-state index contributed by atoms with van der Waals surface area (Å²) >= 11 is 0. The van der Waals surface area contributed by atoms with Crippen LogP contribution in [0.25, 0.3) is 0 Å². The number of nitrogens with zero attached hydrogens (tertiary/aromatic N) is 1. The van der Waals surface area contributed by atoms with Crippen LogP contribution in [0.4, 0.5) is 5.69 Å². The van der Waals surface area contributed by atoms with Gasteiger partial charge in [-0.1, -0.05) is 32.0 Å². The largest absolute Gasteiger partial charge is 0.374 e. The van der Waals surface area contributed by atoms with Crippen LogP contribution in [0.1, 0.15) is 31.4 Å². The highest BCUT2D eigenvalue weighted by atomic mass is 15.1. The van der Waals surface area contributed by atoms with Crippen LogP contribution < -0.4 is 10.2 Å². The van der Waals surface area contributed by atoms with E-state index in [0.29, 0.717) is 0 Å². The molecule has 0 aliphatic heterocycles. The molecule has 0 radical (unpaired) electrons. The summed E-state index contributed by atoms with van der Waals surface area (Å²) in [6.45, 7) is 6.67. The van der Waals surface area contributed by atoms with Gasteiger partial charge in [-0.2, -0.15) is 0 Å². The summed E-state index contributed by atoms with van der Waals surface area (Å²) in [5.74, 6) is 0. The van der Waals surface area contributed by atoms with E-state index in [1.807, 2.05) is 7.05 Å². The van der Waals surface area contributed by atoms with Crippen LogP contribution in [-0.2, 0) is 12.8 Å². The Balaban J connectivity index is 2.85. The highest BCUT2D eigenvalue weighted by Crippen LogP contribution is 2.25. The first kappa shape index (κ1) is 14.0. The number of anilines is 1. The van der Waals surface area contributed by atoms with E-state index in [1.165, 1.54) is 23.2 Å². The summed E-state index contributed by atoms with van der Waals surface area (Å²) in [7, 11) is 4.22. The molecule has 2 heteroatoms. The lowest BCUT2D eigenvalue weighted by atomic mass is 10.0. The SMILES string of the molecule is CCc1cccc(CC)c1N(C)CCCNC. The maximum absolute atomic E-state index is 3.21. The number of benzene rings is 1. The Bertz CT molecular complexity index is 311. The molecular weight excluding hydrogens is 208 g/mol. The maximum atomic E-state index is 3.21. The fraction of sp³-hybridized carbons (Fsp3) is 0.600. The van der Waals surface area contributed by atoms with Crippen molar-refractivity contribution in [3.05, 3.63) is 29.3 Å². The standard InChI is InChI=1S/C15H26N2/c1-5-13-9-7-10-14(6-2)15(13)17(4)12-8-11-16-3/h7,9-10,16H,5-6,8,11-12H2,1-4H3. The lowest BCUT2D eigenvalue weighted by Gasteiger charge is -2.25. The first-order valence-corrected chi connectivity index (χ1v) is 6.71. The highest BCUT2D eigenvalue weighted by molar-refractivity contribution is 5.59. The third-order valence-electron chi connectivity index (χ3n) is 3.27. The van der Waals surface area contributed by atoms with Crippen LogP contribution in [0.2, 0.25) is 0 Å². The van der Waals surface area contributed by atoms with E-state index in [-0.39, 0.29) is 0 Å². The Morgan fingerprint density at radius 1 is 1.12 bits per heavy atom. The van der Waals surface area contributed by atoms with Crippen molar-refractivity contribution in [2.24, 2.45) is 0 Å². The summed E-state index contributed by atoms with van der Waals surface area (Å²) in [5.41, 5.74) is 4.39. The molecule has 2 nitrogen and oxygen atoms in total. The summed E-state index contributed by atoms with van der Waals surface area (Å²) in [6, 6.07) is 6.69. The molecule has 0 aliphatic rings. The fourth-order valence-electron chi connectivity index (χ4n) is 2.31. The van der Waals surface area contributed by atoms with Gasteiger partial charge in [-0.3, -0.25) is 0 Å². The van der Waals surface area contributed by atoms with Crippen molar-refractivity contribution in [2.45, 2.75) is 33.1 Å². The summed E-state index contributed by atoms with van der Waals surface area (Å²) in [5, 5.41) is 3.21. The molecule has 1 aromatic rings. The zero-order valence-electron chi connectivity index (χ0n) is 11.7. The molecule has 96 valence electrons. The van der Waals surface area contributed by atoms with Crippen LogP contribution in [-0.4, -0.2) is 27.2 Å². The van der Waals surface area contributed by atoms with Gasteiger partial charge in [0, 0.05) is 19.3 Å². The fourth-order valence-corrected chi connectivity index (χ4v) is 2.31. The Morgan fingerprint density at radius 2 is 1.71 bits per heavy atom. The number of hydrogen-bond acceptors (Lipinski definition) is 2. The zero-order chi connectivity index (χ0) is 12.7. The average molecular weight is 234 g/mol. The number of aryl methyl sites for hydroxylation is 2. The highest BCUT2D eigenvalue weighted by Gasteiger charge is 2.10. The van der Waals surface area contributed by atoms with E-state index >= 15 is 0 Å². The molecule has 0 bridgehead atoms. The van der Waals surface area contributed by atoms with Crippen LogP contribution in [0.3, 0.4) is 0 Å². The smallest absolute Gasteiger partial charge is 0.0428 e. The summed E-state index contributed by atoms with van der Waals surface area (Å²) in [4.78, 5) is 2.41. The molecule has 1 aromatic carbocycles. The van der Waals surface area contributed by atoms with Crippen molar-refractivity contribution < 1.29 is 0 Å². The van der Waals surface area contributed by atoms with Crippen molar-refractivity contribution in [1.29, 1.82) is 0 Å². The van der Waals surface area contributed by atoms with Crippen molar-refractivity contribution in [3.63, 3.8) is 0 Å². The quantitative estimate of drug-likeness (QED) is 0.730. The number of rotatable bonds is 7. The topological polar surface area (TPSA) is 15.3 Å². The molecule has 0 aliphatic carbocycles. The Labute approximate surface area is 106 Å². The molecule has 0 heterocycles. The zero-order valence-corrected chi connectivity index (χ0v) is 11.7. The molecular formula is C15H26N2. The number of hydrogen-bond donors (Lipinski definition) is 1. The van der Waals surface area contributed by atoms with E-state index in [2.05, 4.69) is 49.3 Å². The molecule has 1 rings (SSSR count). The number of para-hydroxylation sites is 1. The van der Waals surface area contributed by atoms with Gasteiger partial charge in [-0.25, -0.2) is 0 Å². The monoisotopic (exact) mass is 234 g/mol. The summed E-state index contributed by atoms with van der Waals surface area (Å²) < 4.78 is 0. The van der Waals surface area contributed by atoms with E-state index in [9.17, 15) is 0 Å². The van der Waals surface area contributed by atoms with Crippen molar-refractivity contribution in [3.8, 4) is 0 Å². The second-order valence-corrected chi connectivity index (χ2v) is 4.51. The van der Waals surface area contributed by atoms with Crippen LogP contribution >= 0.6 is 0 Å². The van der Waals surface area contributed by atoms with Gasteiger partial charge in [-0.05, 0) is 44.0 Å². The molecule has 1 N–H and O–H groups in total. The molecule has 0 amide bonds. The van der Waals surface area contributed by atoms with Crippen molar-refractivity contribution >= 4 is 5.69 Å². The minimum Gasteiger partial charge on any atom is -0.374 e.